The normalized spacial score (nSPS) is 17.0. The molecule has 0 aliphatic carbocycles. The fourth-order valence-corrected chi connectivity index (χ4v) is 6.43. The molecule has 3 aromatic carbocycles. The fraction of sp³-hybridized carbons (Fsp3) is 0.267. The Kier molecular flexibility index (Phi) is 7.25. The molecule has 1 N–H and O–H groups in total. The quantitative estimate of drug-likeness (QED) is 0.309. The van der Waals surface area contributed by atoms with Crippen molar-refractivity contribution in [1.29, 1.82) is 0 Å². The molecule has 1 unspecified atom stereocenters. The molecule has 1 aliphatic heterocycles. The van der Waals surface area contributed by atoms with Crippen LogP contribution in [0.1, 0.15) is 43.0 Å². The first kappa shape index (κ1) is 24.3. The third kappa shape index (κ3) is 5.11. The van der Waals surface area contributed by atoms with Gasteiger partial charge in [0.25, 0.3) is 0 Å². The number of ether oxygens (including phenoxy) is 1. The first-order valence-electron chi connectivity index (χ1n) is 12.5. The Morgan fingerprint density at radius 3 is 2.36 bits per heavy atom. The van der Waals surface area contributed by atoms with Crippen molar-refractivity contribution in [2.75, 3.05) is 13.7 Å². The zero-order valence-corrected chi connectivity index (χ0v) is 21.4. The highest BCUT2D eigenvalue weighted by molar-refractivity contribution is 7.91. The highest BCUT2D eigenvalue weighted by atomic mass is 32.2. The van der Waals surface area contributed by atoms with Crippen LogP contribution < -0.4 is 4.74 Å². The van der Waals surface area contributed by atoms with Crippen molar-refractivity contribution >= 4 is 9.84 Å². The summed E-state index contributed by atoms with van der Waals surface area (Å²) in [7, 11) is -2.02. The Bertz CT molecular complexity index is 1400. The molecule has 1 fully saturated rings. The monoisotopic (exact) mass is 500 g/mol. The molecule has 0 saturated carbocycles. The standard InChI is InChI=1S/C30H32N2O3S/c1-35-30-19-17-26(36(33,34)25-13-7-3-8-14-25)21-27(30)28-18-16-24(31-28)22-32-20-10-4-9-15-29(32)23-11-5-2-6-12-23/h2-3,5-8,11-14,16-19,21,29,31H,4,9-10,15,20,22H2,1H3. The van der Waals surface area contributed by atoms with Crippen LogP contribution in [0, 0.1) is 0 Å². The van der Waals surface area contributed by atoms with E-state index in [-0.39, 0.29) is 9.79 Å². The second-order valence-electron chi connectivity index (χ2n) is 9.32. The molecule has 186 valence electrons. The number of hydrogen-bond donors (Lipinski definition) is 1. The minimum Gasteiger partial charge on any atom is -0.496 e. The molecule has 1 aliphatic rings. The zero-order chi connectivity index (χ0) is 25.0. The van der Waals surface area contributed by atoms with Gasteiger partial charge in [-0.2, -0.15) is 0 Å². The minimum absolute atomic E-state index is 0.248. The molecule has 2 heterocycles. The van der Waals surface area contributed by atoms with Crippen molar-refractivity contribution in [1.82, 2.24) is 9.88 Å². The van der Waals surface area contributed by atoms with E-state index in [1.54, 1.807) is 49.6 Å². The van der Waals surface area contributed by atoms with E-state index < -0.39 is 9.84 Å². The van der Waals surface area contributed by atoms with Crippen LogP contribution >= 0.6 is 0 Å². The number of likely N-dealkylation sites (tertiary alicyclic amines) is 1. The highest BCUT2D eigenvalue weighted by Gasteiger charge is 2.24. The maximum atomic E-state index is 13.2. The van der Waals surface area contributed by atoms with Crippen molar-refractivity contribution in [3.8, 4) is 17.0 Å². The molecule has 5 nitrogen and oxygen atoms in total. The van der Waals surface area contributed by atoms with Gasteiger partial charge in [0, 0.05) is 29.5 Å². The molecule has 6 heteroatoms. The Hall–Kier alpha value is -3.35. The topological polar surface area (TPSA) is 62.4 Å². The highest BCUT2D eigenvalue weighted by Crippen LogP contribution is 2.35. The van der Waals surface area contributed by atoms with Crippen LogP contribution in [-0.4, -0.2) is 32.0 Å². The molecule has 1 atom stereocenters. The largest absolute Gasteiger partial charge is 0.496 e. The molecule has 4 aromatic rings. The van der Waals surface area contributed by atoms with Gasteiger partial charge in [-0.05, 0) is 67.4 Å². The van der Waals surface area contributed by atoms with Crippen molar-refractivity contribution in [2.45, 2.75) is 48.1 Å². The lowest BCUT2D eigenvalue weighted by Crippen LogP contribution is -2.28. The first-order valence-corrected chi connectivity index (χ1v) is 14.0. The van der Waals surface area contributed by atoms with Crippen LogP contribution in [0.2, 0.25) is 0 Å². The number of aromatic amines is 1. The summed E-state index contributed by atoms with van der Waals surface area (Å²) >= 11 is 0. The van der Waals surface area contributed by atoms with Gasteiger partial charge in [-0.3, -0.25) is 4.90 Å². The molecular weight excluding hydrogens is 468 g/mol. The van der Waals surface area contributed by atoms with Crippen molar-refractivity contribution in [3.05, 3.63) is 102 Å². The average molecular weight is 501 g/mol. The molecule has 0 bridgehead atoms. The van der Waals surface area contributed by atoms with Gasteiger partial charge in [0.2, 0.25) is 9.84 Å². The van der Waals surface area contributed by atoms with Gasteiger partial charge in [-0.25, -0.2) is 8.42 Å². The van der Waals surface area contributed by atoms with Gasteiger partial charge in [-0.15, -0.1) is 0 Å². The van der Waals surface area contributed by atoms with E-state index in [0.717, 1.165) is 36.5 Å². The van der Waals surface area contributed by atoms with Crippen molar-refractivity contribution in [2.24, 2.45) is 0 Å². The zero-order valence-electron chi connectivity index (χ0n) is 20.6. The summed E-state index contributed by atoms with van der Waals surface area (Å²) in [6.45, 7) is 1.87. The Labute approximate surface area is 213 Å². The van der Waals surface area contributed by atoms with Gasteiger partial charge in [0.1, 0.15) is 5.75 Å². The Balaban J connectivity index is 1.44. The number of nitrogens with zero attached hydrogens (tertiary/aromatic N) is 1. The summed E-state index contributed by atoms with van der Waals surface area (Å²) < 4.78 is 32.1. The summed E-state index contributed by atoms with van der Waals surface area (Å²) in [6.07, 6.45) is 4.86. The van der Waals surface area contributed by atoms with E-state index in [4.69, 9.17) is 4.74 Å². The van der Waals surface area contributed by atoms with E-state index in [1.807, 2.05) is 12.1 Å². The summed E-state index contributed by atoms with van der Waals surface area (Å²) in [6, 6.07) is 28.8. The van der Waals surface area contributed by atoms with Crippen LogP contribution in [0.3, 0.4) is 0 Å². The Morgan fingerprint density at radius 2 is 1.61 bits per heavy atom. The predicted molar refractivity (Wildman–Crippen MR) is 143 cm³/mol. The van der Waals surface area contributed by atoms with Crippen LogP contribution in [0.15, 0.2) is 101 Å². The van der Waals surface area contributed by atoms with E-state index in [0.29, 0.717) is 11.8 Å². The summed E-state index contributed by atoms with van der Waals surface area (Å²) in [4.78, 5) is 6.63. The number of H-pyrrole nitrogens is 1. The third-order valence-electron chi connectivity index (χ3n) is 6.99. The summed E-state index contributed by atoms with van der Waals surface area (Å²) in [5.74, 6) is 0.632. The second kappa shape index (κ2) is 10.7. The number of nitrogens with one attached hydrogen (secondary N) is 1. The number of methoxy groups -OCH3 is 1. The van der Waals surface area contributed by atoms with Gasteiger partial charge in [0.15, 0.2) is 0 Å². The van der Waals surface area contributed by atoms with E-state index in [1.165, 1.54) is 24.8 Å². The second-order valence-corrected chi connectivity index (χ2v) is 11.3. The molecule has 0 spiro atoms. The molecule has 1 aromatic heterocycles. The van der Waals surface area contributed by atoms with Crippen LogP contribution in [0.25, 0.3) is 11.3 Å². The average Bonchev–Trinajstić information content (AvgIpc) is 3.26. The van der Waals surface area contributed by atoms with E-state index in [2.05, 4.69) is 46.3 Å². The maximum Gasteiger partial charge on any atom is 0.206 e. The molecule has 1 saturated heterocycles. The van der Waals surface area contributed by atoms with Gasteiger partial charge in [-0.1, -0.05) is 61.4 Å². The molecule has 0 radical (unpaired) electrons. The van der Waals surface area contributed by atoms with E-state index >= 15 is 0 Å². The van der Waals surface area contributed by atoms with Crippen molar-refractivity contribution < 1.29 is 13.2 Å². The SMILES string of the molecule is COc1ccc(S(=O)(=O)c2ccccc2)cc1-c1ccc(CN2CCCCCC2c2ccccc2)[nH]1. The fourth-order valence-electron chi connectivity index (χ4n) is 5.12. The molecule has 36 heavy (non-hydrogen) atoms. The minimum atomic E-state index is -3.63. The number of sulfone groups is 1. The van der Waals surface area contributed by atoms with Crippen LogP contribution in [-0.2, 0) is 16.4 Å². The lowest BCUT2D eigenvalue weighted by molar-refractivity contribution is 0.190. The first-order chi connectivity index (χ1) is 17.6. The maximum absolute atomic E-state index is 13.2. The third-order valence-corrected chi connectivity index (χ3v) is 8.76. The number of aromatic nitrogens is 1. The van der Waals surface area contributed by atoms with Crippen LogP contribution in [0.4, 0.5) is 0 Å². The van der Waals surface area contributed by atoms with Gasteiger partial charge in [0.05, 0.1) is 16.9 Å². The molecular formula is C30H32N2O3S. The molecule has 0 amide bonds. The lowest BCUT2D eigenvalue weighted by Gasteiger charge is -2.30. The summed E-state index contributed by atoms with van der Waals surface area (Å²) in [5.41, 5.74) is 4.05. The number of rotatable bonds is 7. The molecule has 5 rings (SSSR count). The van der Waals surface area contributed by atoms with Crippen molar-refractivity contribution in [3.63, 3.8) is 0 Å². The smallest absolute Gasteiger partial charge is 0.206 e. The van der Waals surface area contributed by atoms with Gasteiger partial charge >= 0.3 is 0 Å². The Morgan fingerprint density at radius 1 is 0.861 bits per heavy atom. The van der Waals surface area contributed by atoms with Crippen LogP contribution in [0.5, 0.6) is 5.75 Å². The number of benzene rings is 3. The summed E-state index contributed by atoms with van der Waals surface area (Å²) in [5, 5.41) is 0. The number of hydrogen-bond acceptors (Lipinski definition) is 4. The van der Waals surface area contributed by atoms with Gasteiger partial charge < -0.3 is 9.72 Å². The predicted octanol–water partition coefficient (Wildman–Crippen LogP) is 6.64. The van der Waals surface area contributed by atoms with E-state index in [9.17, 15) is 8.42 Å². The lowest BCUT2D eigenvalue weighted by atomic mass is 10.0.